The van der Waals surface area contributed by atoms with Gasteiger partial charge in [0.05, 0.1) is 6.04 Å². The Hall–Kier alpha value is -2.93. The maximum Gasteiger partial charge on any atom is 0.243 e. The zero-order valence-electron chi connectivity index (χ0n) is 24.4. The van der Waals surface area contributed by atoms with E-state index < -0.39 is 47.8 Å². The van der Waals surface area contributed by atoms with Gasteiger partial charge < -0.3 is 44.2 Å². The first-order chi connectivity index (χ1) is 19.6. The predicted molar refractivity (Wildman–Crippen MR) is 158 cm³/mol. The quantitative estimate of drug-likeness (QED) is 0.0562. The van der Waals surface area contributed by atoms with Crippen LogP contribution in [0.4, 0.5) is 0 Å². The van der Waals surface area contributed by atoms with E-state index in [0.717, 1.165) is 51.4 Å². The molecular formula is C28H53N9O4. The molecule has 4 atom stereocenters. The summed E-state index contributed by atoms with van der Waals surface area (Å²) in [6, 6.07) is -3.41. The van der Waals surface area contributed by atoms with Crippen molar-refractivity contribution in [2.45, 2.75) is 120 Å². The SMILES string of the molecule is N=C(N)NCCCC(NC(=O)C(N)CC1CCCC1)C(=O)NC(CC1CCCC1)C(=O)NC(CCCCN)C(N)=O. The van der Waals surface area contributed by atoms with Crippen LogP contribution in [0.25, 0.3) is 0 Å². The molecule has 2 rings (SSSR count). The number of nitrogens with one attached hydrogen (secondary N) is 5. The molecule has 4 unspecified atom stereocenters. The number of hydrogen-bond acceptors (Lipinski definition) is 7. The van der Waals surface area contributed by atoms with E-state index in [-0.39, 0.29) is 18.3 Å². The summed E-state index contributed by atoms with van der Waals surface area (Å²) in [6.07, 6.45) is 11.8. The molecule has 0 aromatic rings. The molecule has 0 bridgehead atoms. The van der Waals surface area contributed by atoms with Gasteiger partial charge in [0.2, 0.25) is 23.6 Å². The van der Waals surface area contributed by atoms with Gasteiger partial charge >= 0.3 is 0 Å². The van der Waals surface area contributed by atoms with Gasteiger partial charge in [-0.25, -0.2) is 0 Å². The third kappa shape index (κ3) is 13.1. The molecular weight excluding hydrogens is 526 g/mol. The number of nitrogens with two attached hydrogens (primary N) is 4. The highest BCUT2D eigenvalue weighted by Crippen LogP contribution is 2.29. The Kier molecular flexibility index (Phi) is 15.5. The lowest BCUT2D eigenvalue weighted by Crippen LogP contribution is -2.58. The first-order valence-corrected chi connectivity index (χ1v) is 15.3. The number of carbonyl (C=O) groups excluding carboxylic acids is 4. The molecule has 2 aliphatic carbocycles. The number of rotatable bonds is 19. The van der Waals surface area contributed by atoms with E-state index in [1.165, 1.54) is 0 Å². The molecule has 2 saturated carbocycles. The Morgan fingerprint density at radius 2 is 1.22 bits per heavy atom. The highest BCUT2D eigenvalue weighted by Gasteiger charge is 2.32. The van der Waals surface area contributed by atoms with Gasteiger partial charge in [-0.2, -0.15) is 0 Å². The highest BCUT2D eigenvalue weighted by molar-refractivity contribution is 5.94. The molecule has 0 radical (unpaired) electrons. The first kappa shape index (κ1) is 34.3. The number of guanidine groups is 1. The van der Waals surface area contributed by atoms with Crippen molar-refractivity contribution in [3.8, 4) is 0 Å². The minimum atomic E-state index is -0.929. The van der Waals surface area contributed by atoms with Gasteiger partial charge in [0.1, 0.15) is 18.1 Å². The summed E-state index contributed by atoms with van der Waals surface area (Å²) in [5, 5.41) is 18.4. The van der Waals surface area contributed by atoms with Crippen molar-refractivity contribution >= 4 is 29.6 Å². The topological polar surface area (TPSA) is 244 Å². The monoisotopic (exact) mass is 579 g/mol. The summed E-state index contributed by atoms with van der Waals surface area (Å²) in [4.78, 5) is 52.0. The average Bonchev–Trinajstić information content (AvgIpc) is 3.63. The smallest absolute Gasteiger partial charge is 0.243 e. The number of primary amides is 1. The van der Waals surface area contributed by atoms with E-state index >= 15 is 0 Å². The minimum Gasteiger partial charge on any atom is -0.370 e. The van der Waals surface area contributed by atoms with Gasteiger partial charge in [0.25, 0.3) is 0 Å². The van der Waals surface area contributed by atoms with Gasteiger partial charge in [-0.3, -0.25) is 24.6 Å². The van der Waals surface area contributed by atoms with E-state index in [1.807, 2.05) is 0 Å². The van der Waals surface area contributed by atoms with Crippen molar-refractivity contribution in [3.63, 3.8) is 0 Å². The van der Waals surface area contributed by atoms with Crippen molar-refractivity contribution in [3.05, 3.63) is 0 Å². The zero-order valence-corrected chi connectivity index (χ0v) is 24.4. The van der Waals surface area contributed by atoms with E-state index in [4.69, 9.17) is 28.3 Å². The second kappa shape index (κ2) is 18.5. The van der Waals surface area contributed by atoms with E-state index in [0.29, 0.717) is 57.5 Å². The summed E-state index contributed by atoms with van der Waals surface area (Å²) in [5.41, 5.74) is 22.7. The van der Waals surface area contributed by atoms with Gasteiger partial charge in [-0.1, -0.05) is 51.4 Å². The third-order valence-electron chi connectivity index (χ3n) is 8.30. The first-order valence-electron chi connectivity index (χ1n) is 15.3. The fourth-order valence-corrected chi connectivity index (χ4v) is 5.92. The van der Waals surface area contributed by atoms with Crippen molar-refractivity contribution in [1.29, 1.82) is 5.41 Å². The van der Waals surface area contributed by atoms with Crippen LogP contribution in [0.15, 0.2) is 0 Å². The molecule has 41 heavy (non-hydrogen) atoms. The molecule has 0 aromatic carbocycles. The fraction of sp³-hybridized carbons (Fsp3) is 0.821. The van der Waals surface area contributed by atoms with Crippen LogP contribution in [0, 0.1) is 17.2 Å². The van der Waals surface area contributed by atoms with Crippen LogP contribution in [0.3, 0.4) is 0 Å². The molecule has 2 fully saturated rings. The molecule has 13 heteroatoms. The second-order valence-electron chi connectivity index (χ2n) is 11.7. The van der Waals surface area contributed by atoms with Gasteiger partial charge in [-0.05, 0) is 63.3 Å². The van der Waals surface area contributed by atoms with Crippen molar-refractivity contribution < 1.29 is 19.2 Å². The lowest BCUT2D eigenvalue weighted by Gasteiger charge is -2.27. The Balaban J connectivity index is 2.11. The second-order valence-corrected chi connectivity index (χ2v) is 11.7. The molecule has 13 nitrogen and oxygen atoms in total. The molecule has 2 aliphatic rings. The van der Waals surface area contributed by atoms with Crippen LogP contribution in [-0.4, -0.2) is 66.8 Å². The third-order valence-corrected chi connectivity index (χ3v) is 8.30. The molecule has 0 aromatic heterocycles. The molecule has 4 amide bonds. The van der Waals surface area contributed by atoms with E-state index in [9.17, 15) is 19.2 Å². The van der Waals surface area contributed by atoms with Crippen LogP contribution in [0.1, 0.15) is 96.3 Å². The van der Waals surface area contributed by atoms with Crippen LogP contribution < -0.4 is 44.2 Å². The maximum atomic E-state index is 13.6. The summed E-state index contributed by atoms with van der Waals surface area (Å²) < 4.78 is 0. The van der Waals surface area contributed by atoms with Crippen molar-refractivity contribution in [2.24, 2.45) is 34.8 Å². The van der Waals surface area contributed by atoms with Crippen LogP contribution >= 0.6 is 0 Å². The average molecular weight is 580 g/mol. The van der Waals surface area contributed by atoms with E-state index in [1.54, 1.807) is 0 Å². The number of carbonyl (C=O) groups is 4. The molecule has 13 N–H and O–H groups in total. The Morgan fingerprint density at radius 3 is 1.78 bits per heavy atom. The summed E-state index contributed by atoms with van der Waals surface area (Å²) >= 11 is 0. The van der Waals surface area contributed by atoms with Crippen molar-refractivity contribution in [2.75, 3.05) is 13.1 Å². The largest absolute Gasteiger partial charge is 0.370 e. The number of amides is 4. The van der Waals surface area contributed by atoms with Gasteiger partial charge in [0.15, 0.2) is 5.96 Å². The van der Waals surface area contributed by atoms with Crippen LogP contribution in [0.2, 0.25) is 0 Å². The van der Waals surface area contributed by atoms with Gasteiger partial charge in [-0.15, -0.1) is 0 Å². The summed E-state index contributed by atoms with van der Waals surface area (Å²) in [5.74, 6) is -1.51. The number of unbranched alkanes of at least 4 members (excludes halogenated alkanes) is 1. The van der Waals surface area contributed by atoms with Gasteiger partial charge in [0, 0.05) is 6.54 Å². The minimum absolute atomic E-state index is 0.183. The van der Waals surface area contributed by atoms with Crippen molar-refractivity contribution in [1.82, 2.24) is 21.3 Å². The molecule has 0 spiro atoms. The zero-order chi connectivity index (χ0) is 30.2. The Bertz CT molecular complexity index is 860. The maximum absolute atomic E-state index is 13.6. The lowest BCUT2D eigenvalue weighted by molar-refractivity contribution is -0.134. The summed E-state index contributed by atoms with van der Waals surface area (Å²) in [7, 11) is 0. The van der Waals surface area contributed by atoms with E-state index in [2.05, 4.69) is 21.3 Å². The van der Waals surface area contributed by atoms with Crippen LogP contribution in [-0.2, 0) is 19.2 Å². The highest BCUT2D eigenvalue weighted by atomic mass is 16.2. The molecule has 0 heterocycles. The Morgan fingerprint density at radius 1 is 0.707 bits per heavy atom. The summed E-state index contributed by atoms with van der Waals surface area (Å²) in [6.45, 7) is 0.817. The molecule has 0 aliphatic heterocycles. The molecule has 234 valence electrons. The predicted octanol–water partition coefficient (Wildman–Crippen LogP) is -0.194. The molecule has 0 saturated heterocycles. The fourth-order valence-electron chi connectivity index (χ4n) is 5.92. The normalized spacial score (nSPS) is 18.7. The Labute approximate surface area is 243 Å². The lowest BCUT2D eigenvalue weighted by atomic mass is 9.96. The number of hydrogen-bond donors (Lipinski definition) is 9. The standard InChI is InChI=1S/C28H53N9O4/c29-14-6-5-12-21(24(31)38)35-27(41)23(17-19-10-3-4-11-19)37-26(40)22(13-7-15-34-28(32)33)36-25(39)20(30)16-18-8-1-2-9-18/h18-23H,1-17,29-30H2,(H2,31,38)(H,35,41)(H,36,39)(H,37,40)(H4,32,33,34). The van der Waals surface area contributed by atoms with Crippen LogP contribution in [0.5, 0.6) is 0 Å².